The van der Waals surface area contributed by atoms with Crippen molar-refractivity contribution in [1.82, 2.24) is 0 Å². The lowest BCUT2D eigenvalue weighted by Crippen LogP contribution is -2.12. The predicted molar refractivity (Wildman–Crippen MR) is 51.9 cm³/mol. The van der Waals surface area contributed by atoms with Crippen LogP contribution in [-0.4, -0.2) is 5.91 Å². The van der Waals surface area contributed by atoms with Gasteiger partial charge in [0.2, 0.25) is 5.91 Å². The van der Waals surface area contributed by atoms with Gasteiger partial charge in [-0.15, -0.1) is 0 Å². The van der Waals surface area contributed by atoms with Crippen molar-refractivity contribution < 1.29 is 4.79 Å². The highest BCUT2D eigenvalue weighted by Crippen LogP contribution is 2.31. The number of amides is 1. The molecule has 0 saturated carbocycles. The molecule has 1 aliphatic rings. The van der Waals surface area contributed by atoms with Crippen LogP contribution in [0.5, 0.6) is 0 Å². The number of rotatable bonds is 1. The topological polar surface area (TPSA) is 43.1 Å². The summed E-state index contributed by atoms with van der Waals surface area (Å²) in [5, 5.41) is 0. The lowest BCUT2D eigenvalue weighted by Gasteiger charge is -2.00. The quantitative estimate of drug-likeness (QED) is 0.687. The molecule has 0 heterocycles. The largest absolute Gasteiger partial charge is 0.366 e. The van der Waals surface area contributed by atoms with Gasteiger partial charge in [0.15, 0.2) is 0 Å². The van der Waals surface area contributed by atoms with Crippen LogP contribution in [0.1, 0.15) is 18.1 Å². The van der Waals surface area contributed by atoms with E-state index in [0.29, 0.717) is 5.57 Å². The van der Waals surface area contributed by atoms with Crippen molar-refractivity contribution in [2.45, 2.75) is 13.3 Å². The first kappa shape index (κ1) is 8.05. The number of hydrogen-bond donors (Lipinski definition) is 1. The normalized spacial score (nSPS) is 14.5. The van der Waals surface area contributed by atoms with Crippen molar-refractivity contribution in [3.05, 3.63) is 41.0 Å². The van der Waals surface area contributed by atoms with E-state index in [9.17, 15) is 4.79 Å². The molecular weight excluding hydrogens is 162 g/mol. The van der Waals surface area contributed by atoms with E-state index in [1.165, 1.54) is 5.56 Å². The molecule has 13 heavy (non-hydrogen) atoms. The Kier molecular flexibility index (Phi) is 1.69. The maximum atomic E-state index is 11.1. The van der Waals surface area contributed by atoms with E-state index < -0.39 is 0 Å². The summed E-state index contributed by atoms with van der Waals surface area (Å²) >= 11 is 0. The highest BCUT2D eigenvalue weighted by Gasteiger charge is 2.21. The fourth-order valence-corrected chi connectivity index (χ4v) is 1.87. The average Bonchev–Trinajstić information content (AvgIpc) is 2.39. The minimum absolute atomic E-state index is 0.317. The summed E-state index contributed by atoms with van der Waals surface area (Å²) in [5.74, 6) is -0.317. The van der Waals surface area contributed by atoms with Crippen molar-refractivity contribution in [2.75, 3.05) is 0 Å². The second-order valence-electron chi connectivity index (χ2n) is 3.35. The summed E-state index contributed by atoms with van der Waals surface area (Å²) in [4.78, 5) is 11.1. The van der Waals surface area contributed by atoms with Crippen LogP contribution in [0.2, 0.25) is 0 Å². The Morgan fingerprint density at radius 3 is 2.77 bits per heavy atom. The molecule has 2 rings (SSSR count). The first-order valence-electron chi connectivity index (χ1n) is 4.28. The molecule has 0 saturated heterocycles. The van der Waals surface area contributed by atoms with Gasteiger partial charge in [-0.05, 0) is 24.5 Å². The standard InChI is InChI=1S/C11H11NO/c1-7-6-8-4-2-3-5-9(8)10(7)11(12)13/h2-5H,6H2,1H3,(H2,12,13). The lowest BCUT2D eigenvalue weighted by atomic mass is 10.1. The monoisotopic (exact) mass is 173 g/mol. The second kappa shape index (κ2) is 2.73. The zero-order chi connectivity index (χ0) is 9.42. The highest BCUT2D eigenvalue weighted by atomic mass is 16.1. The Labute approximate surface area is 77.1 Å². The molecule has 0 atom stereocenters. The zero-order valence-corrected chi connectivity index (χ0v) is 7.50. The molecule has 1 aliphatic carbocycles. The summed E-state index contributed by atoms with van der Waals surface area (Å²) in [6.45, 7) is 1.96. The molecule has 66 valence electrons. The van der Waals surface area contributed by atoms with Gasteiger partial charge < -0.3 is 5.73 Å². The van der Waals surface area contributed by atoms with Gasteiger partial charge >= 0.3 is 0 Å². The van der Waals surface area contributed by atoms with Gasteiger partial charge in [-0.25, -0.2) is 0 Å². The van der Waals surface area contributed by atoms with Crippen molar-refractivity contribution in [1.29, 1.82) is 0 Å². The lowest BCUT2D eigenvalue weighted by molar-refractivity contribution is -0.112. The number of primary amides is 1. The number of carbonyl (C=O) groups is 1. The Morgan fingerprint density at radius 2 is 2.08 bits per heavy atom. The first-order chi connectivity index (χ1) is 6.20. The Hall–Kier alpha value is -1.57. The molecule has 0 bridgehead atoms. The van der Waals surface area contributed by atoms with Crippen LogP contribution < -0.4 is 5.73 Å². The van der Waals surface area contributed by atoms with Gasteiger partial charge in [-0.2, -0.15) is 0 Å². The third-order valence-corrected chi connectivity index (χ3v) is 2.42. The highest BCUT2D eigenvalue weighted by molar-refractivity contribution is 6.21. The van der Waals surface area contributed by atoms with E-state index in [1.54, 1.807) is 0 Å². The van der Waals surface area contributed by atoms with Crippen LogP contribution in [0.3, 0.4) is 0 Å². The number of nitrogens with two attached hydrogens (primary N) is 1. The van der Waals surface area contributed by atoms with Gasteiger partial charge in [0.05, 0.1) is 0 Å². The molecular formula is C11H11NO. The summed E-state index contributed by atoms with van der Waals surface area (Å²) < 4.78 is 0. The summed E-state index contributed by atoms with van der Waals surface area (Å²) in [5.41, 5.74) is 9.30. The average molecular weight is 173 g/mol. The zero-order valence-electron chi connectivity index (χ0n) is 7.50. The molecule has 0 aliphatic heterocycles. The second-order valence-corrected chi connectivity index (χ2v) is 3.35. The number of allylic oxidation sites excluding steroid dienone is 1. The van der Waals surface area contributed by atoms with Gasteiger partial charge in [0.1, 0.15) is 0 Å². The molecule has 0 radical (unpaired) electrons. The molecule has 2 heteroatoms. The van der Waals surface area contributed by atoms with E-state index in [4.69, 9.17) is 5.73 Å². The number of fused-ring (bicyclic) bond motifs is 1. The summed E-state index contributed by atoms with van der Waals surface area (Å²) in [6, 6.07) is 7.90. The minimum atomic E-state index is -0.317. The Balaban J connectivity index is 2.59. The van der Waals surface area contributed by atoms with Crippen LogP contribution in [0.25, 0.3) is 5.57 Å². The summed E-state index contributed by atoms with van der Waals surface area (Å²) in [6.07, 6.45) is 0.856. The number of hydrogen-bond acceptors (Lipinski definition) is 1. The number of carbonyl (C=O) groups excluding carboxylic acids is 1. The molecule has 0 aromatic heterocycles. The van der Waals surface area contributed by atoms with Crippen LogP contribution in [0.4, 0.5) is 0 Å². The van der Waals surface area contributed by atoms with Crippen molar-refractivity contribution in [3.63, 3.8) is 0 Å². The molecule has 0 fully saturated rings. The van der Waals surface area contributed by atoms with E-state index in [1.807, 2.05) is 31.2 Å². The van der Waals surface area contributed by atoms with E-state index in [2.05, 4.69) is 0 Å². The molecule has 1 aromatic carbocycles. The smallest absolute Gasteiger partial charge is 0.249 e. The van der Waals surface area contributed by atoms with Gasteiger partial charge in [0.25, 0.3) is 0 Å². The third kappa shape index (κ3) is 1.15. The van der Waals surface area contributed by atoms with Gasteiger partial charge in [0, 0.05) is 5.57 Å². The minimum Gasteiger partial charge on any atom is -0.366 e. The maximum absolute atomic E-state index is 11.1. The predicted octanol–water partition coefficient (Wildman–Crippen LogP) is 1.50. The molecule has 0 spiro atoms. The van der Waals surface area contributed by atoms with Crippen molar-refractivity contribution >= 4 is 11.5 Å². The van der Waals surface area contributed by atoms with E-state index in [-0.39, 0.29) is 5.91 Å². The van der Waals surface area contributed by atoms with Crippen LogP contribution >= 0.6 is 0 Å². The Bertz CT molecular complexity index is 404. The molecule has 0 unspecified atom stereocenters. The van der Waals surface area contributed by atoms with Gasteiger partial charge in [-0.3, -0.25) is 4.79 Å². The third-order valence-electron chi connectivity index (χ3n) is 2.42. The van der Waals surface area contributed by atoms with E-state index in [0.717, 1.165) is 17.6 Å². The first-order valence-corrected chi connectivity index (χ1v) is 4.28. The van der Waals surface area contributed by atoms with E-state index >= 15 is 0 Å². The molecule has 1 aromatic rings. The molecule has 2 N–H and O–H groups in total. The maximum Gasteiger partial charge on any atom is 0.249 e. The SMILES string of the molecule is CC1=C(C(N)=O)c2ccccc2C1. The fourth-order valence-electron chi connectivity index (χ4n) is 1.87. The fraction of sp³-hybridized carbons (Fsp3) is 0.182. The summed E-state index contributed by atoms with van der Waals surface area (Å²) in [7, 11) is 0. The van der Waals surface area contributed by atoms with Crippen LogP contribution in [0, 0.1) is 0 Å². The van der Waals surface area contributed by atoms with Crippen molar-refractivity contribution in [2.24, 2.45) is 5.73 Å². The number of benzene rings is 1. The van der Waals surface area contributed by atoms with Gasteiger partial charge in [-0.1, -0.05) is 29.8 Å². The van der Waals surface area contributed by atoms with Crippen LogP contribution in [-0.2, 0) is 11.2 Å². The van der Waals surface area contributed by atoms with Crippen LogP contribution in [0.15, 0.2) is 29.8 Å². The molecule has 2 nitrogen and oxygen atoms in total. The van der Waals surface area contributed by atoms with Crippen molar-refractivity contribution in [3.8, 4) is 0 Å². The molecule has 1 amide bonds. The Morgan fingerprint density at radius 1 is 1.38 bits per heavy atom.